The van der Waals surface area contributed by atoms with E-state index < -0.39 is 25.4 Å². The van der Waals surface area contributed by atoms with Crippen LogP contribution in [-0.4, -0.2) is 73.4 Å². The van der Waals surface area contributed by atoms with Crippen molar-refractivity contribution in [1.82, 2.24) is 10.6 Å². The lowest BCUT2D eigenvalue weighted by Gasteiger charge is -2.28. The molecule has 0 fully saturated rings. The van der Waals surface area contributed by atoms with Gasteiger partial charge in [-0.25, -0.2) is 0 Å². The number of carbonyl (C=O) groups is 1. The molecular weight excluding hydrogens is 228 g/mol. The lowest BCUT2D eigenvalue weighted by molar-refractivity contribution is -0.121. The highest BCUT2D eigenvalue weighted by atomic mass is 16.5. The van der Waals surface area contributed by atoms with Crippen molar-refractivity contribution >= 4 is 5.91 Å². The number of nitrogens with one attached hydrogen (secondary N) is 2. The van der Waals surface area contributed by atoms with Crippen LogP contribution in [0.15, 0.2) is 0 Å². The summed E-state index contributed by atoms with van der Waals surface area (Å²) in [6, 6.07) is 0. The highest BCUT2D eigenvalue weighted by molar-refractivity contribution is 5.78. The maximum atomic E-state index is 11.3. The van der Waals surface area contributed by atoms with Gasteiger partial charge in [-0.3, -0.25) is 10.1 Å². The van der Waals surface area contributed by atoms with Gasteiger partial charge in [0.05, 0.1) is 31.9 Å². The van der Waals surface area contributed by atoms with Crippen molar-refractivity contribution < 1.29 is 24.9 Å². The molecule has 0 aliphatic heterocycles. The maximum absolute atomic E-state index is 11.3. The second-order valence-electron chi connectivity index (χ2n) is 3.80. The van der Waals surface area contributed by atoms with E-state index in [0.29, 0.717) is 19.6 Å². The molecule has 0 bridgehead atoms. The van der Waals surface area contributed by atoms with E-state index in [0.717, 1.165) is 0 Å². The summed E-state index contributed by atoms with van der Waals surface area (Å²) in [4.78, 5) is 11.3. The quantitative estimate of drug-likeness (QED) is 0.273. The second kappa shape index (κ2) is 9.32. The third-order valence-electron chi connectivity index (χ3n) is 2.38. The Morgan fingerprint density at radius 1 is 1.24 bits per heavy atom. The van der Waals surface area contributed by atoms with Gasteiger partial charge in [0, 0.05) is 20.3 Å². The molecule has 0 atom stereocenters. The number of methoxy groups -OCH3 is 1. The van der Waals surface area contributed by atoms with E-state index in [1.54, 1.807) is 7.11 Å². The Balaban J connectivity index is 3.81. The molecule has 0 aliphatic carbocycles. The summed E-state index contributed by atoms with van der Waals surface area (Å²) in [7, 11) is 1.58. The molecule has 0 radical (unpaired) electrons. The third kappa shape index (κ3) is 6.54. The van der Waals surface area contributed by atoms with Gasteiger partial charge < -0.3 is 25.4 Å². The van der Waals surface area contributed by atoms with Crippen LogP contribution in [0, 0.1) is 0 Å². The Kier molecular flexibility index (Phi) is 8.92. The smallest absolute Gasteiger partial charge is 0.233 e. The Bertz CT molecular complexity index is 201. The van der Waals surface area contributed by atoms with Gasteiger partial charge in [0.2, 0.25) is 5.91 Å². The fourth-order valence-corrected chi connectivity index (χ4v) is 1.09. The number of carbonyl (C=O) groups excluding carboxylic acids is 1. The van der Waals surface area contributed by atoms with Crippen molar-refractivity contribution in [3.8, 4) is 0 Å². The average Bonchev–Trinajstić information content (AvgIpc) is 2.37. The summed E-state index contributed by atoms with van der Waals surface area (Å²) >= 11 is 0. The van der Waals surface area contributed by atoms with Gasteiger partial charge in [-0.05, 0) is 6.42 Å². The molecule has 0 rings (SSSR count). The lowest BCUT2D eigenvalue weighted by Crippen LogP contribution is -2.57. The van der Waals surface area contributed by atoms with Crippen LogP contribution < -0.4 is 10.6 Å². The molecule has 0 heterocycles. The summed E-state index contributed by atoms with van der Waals surface area (Å²) in [5, 5.41) is 32.3. The van der Waals surface area contributed by atoms with E-state index in [2.05, 4.69) is 10.6 Å². The van der Waals surface area contributed by atoms with Crippen LogP contribution in [0.5, 0.6) is 0 Å². The summed E-state index contributed by atoms with van der Waals surface area (Å²) in [6.07, 6.45) is 0.716. The third-order valence-corrected chi connectivity index (χ3v) is 2.38. The van der Waals surface area contributed by atoms with E-state index >= 15 is 0 Å². The fraction of sp³-hybridized carbons (Fsp3) is 0.900. The first-order chi connectivity index (χ1) is 8.14. The van der Waals surface area contributed by atoms with Crippen LogP contribution in [-0.2, 0) is 9.53 Å². The molecule has 0 saturated carbocycles. The molecule has 7 nitrogen and oxygen atoms in total. The fourth-order valence-electron chi connectivity index (χ4n) is 1.09. The van der Waals surface area contributed by atoms with Crippen LogP contribution in [0.2, 0.25) is 0 Å². The number of ether oxygens (including phenoxy) is 1. The topological polar surface area (TPSA) is 111 Å². The predicted octanol–water partition coefficient (Wildman–Crippen LogP) is -2.56. The van der Waals surface area contributed by atoms with E-state index in [-0.39, 0.29) is 12.5 Å². The molecule has 17 heavy (non-hydrogen) atoms. The lowest BCUT2D eigenvalue weighted by atomic mass is 10.0. The Morgan fingerprint density at radius 3 is 2.29 bits per heavy atom. The van der Waals surface area contributed by atoms with Gasteiger partial charge >= 0.3 is 0 Å². The second-order valence-corrected chi connectivity index (χ2v) is 3.80. The van der Waals surface area contributed by atoms with Gasteiger partial charge in [-0.2, -0.15) is 0 Å². The first-order valence-electron chi connectivity index (χ1n) is 5.47. The molecule has 0 aromatic carbocycles. The zero-order chi connectivity index (χ0) is 13.1. The standard InChI is InChI=1S/C10H22N2O5/c1-17-4-2-3-11-9(16)5-12-10(6-13,7-14)8-15/h12-15H,2-8H2,1H3,(H,11,16). The SMILES string of the molecule is COCCCNC(=O)CNC(CO)(CO)CO. The van der Waals surface area contributed by atoms with Gasteiger partial charge in [0.1, 0.15) is 0 Å². The molecular formula is C10H22N2O5. The van der Waals surface area contributed by atoms with Crippen LogP contribution in [0.1, 0.15) is 6.42 Å². The molecule has 5 N–H and O–H groups in total. The van der Waals surface area contributed by atoms with E-state index in [1.807, 2.05) is 0 Å². The van der Waals surface area contributed by atoms with Gasteiger partial charge in [-0.1, -0.05) is 0 Å². The number of hydrogen-bond donors (Lipinski definition) is 5. The number of aliphatic hydroxyl groups excluding tert-OH is 3. The number of rotatable bonds is 10. The normalized spacial score (nSPS) is 11.5. The molecule has 7 heteroatoms. The Labute approximate surface area is 101 Å². The minimum absolute atomic E-state index is 0.0747. The molecule has 0 unspecified atom stereocenters. The van der Waals surface area contributed by atoms with E-state index in [9.17, 15) is 4.79 Å². The number of aliphatic hydroxyl groups is 3. The molecule has 0 aliphatic rings. The zero-order valence-electron chi connectivity index (χ0n) is 10.1. The van der Waals surface area contributed by atoms with Crippen LogP contribution in [0.4, 0.5) is 0 Å². The van der Waals surface area contributed by atoms with Crippen LogP contribution in [0.25, 0.3) is 0 Å². The molecule has 0 aromatic heterocycles. The van der Waals surface area contributed by atoms with Gasteiger partial charge in [0.15, 0.2) is 0 Å². The minimum Gasteiger partial charge on any atom is -0.394 e. The number of hydrogen-bond acceptors (Lipinski definition) is 6. The van der Waals surface area contributed by atoms with Gasteiger partial charge in [0.25, 0.3) is 0 Å². The molecule has 0 aromatic rings. The van der Waals surface area contributed by atoms with E-state index in [1.165, 1.54) is 0 Å². The van der Waals surface area contributed by atoms with Crippen molar-refractivity contribution in [2.45, 2.75) is 12.0 Å². The van der Waals surface area contributed by atoms with E-state index in [4.69, 9.17) is 20.1 Å². The summed E-state index contributed by atoms with van der Waals surface area (Å²) < 4.78 is 4.82. The minimum atomic E-state index is -1.22. The molecule has 1 amide bonds. The summed E-state index contributed by atoms with van der Waals surface area (Å²) in [5.41, 5.74) is -1.22. The Morgan fingerprint density at radius 2 is 1.82 bits per heavy atom. The van der Waals surface area contributed by atoms with Crippen molar-refractivity contribution in [2.75, 3.05) is 46.6 Å². The van der Waals surface area contributed by atoms with Crippen LogP contribution >= 0.6 is 0 Å². The molecule has 102 valence electrons. The summed E-state index contributed by atoms with van der Waals surface area (Å²) in [6.45, 7) is -0.347. The van der Waals surface area contributed by atoms with Crippen molar-refractivity contribution in [3.05, 3.63) is 0 Å². The first-order valence-corrected chi connectivity index (χ1v) is 5.47. The monoisotopic (exact) mass is 250 g/mol. The van der Waals surface area contributed by atoms with Crippen molar-refractivity contribution in [2.24, 2.45) is 0 Å². The largest absolute Gasteiger partial charge is 0.394 e. The van der Waals surface area contributed by atoms with Crippen molar-refractivity contribution in [1.29, 1.82) is 0 Å². The summed E-state index contributed by atoms with van der Waals surface area (Å²) in [5.74, 6) is -0.263. The highest BCUT2D eigenvalue weighted by Crippen LogP contribution is 2.00. The number of amides is 1. The van der Waals surface area contributed by atoms with Crippen LogP contribution in [0.3, 0.4) is 0 Å². The predicted molar refractivity (Wildman–Crippen MR) is 61.5 cm³/mol. The van der Waals surface area contributed by atoms with Gasteiger partial charge in [-0.15, -0.1) is 0 Å². The first kappa shape index (κ1) is 16.3. The maximum Gasteiger partial charge on any atom is 0.233 e. The highest BCUT2D eigenvalue weighted by Gasteiger charge is 2.27. The zero-order valence-corrected chi connectivity index (χ0v) is 10.1. The molecule has 0 spiro atoms. The average molecular weight is 250 g/mol. The molecule has 0 saturated heterocycles. The van der Waals surface area contributed by atoms with Crippen molar-refractivity contribution in [3.63, 3.8) is 0 Å². The Hall–Kier alpha value is -0.730.